The van der Waals surface area contributed by atoms with Gasteiger partial charge in [-0.2, -0.15) is 0 Å². The third-order valence-corrected chi connectivity index (χ3v) is 6.94. The van der Waals surface area contributed by atoms with E-state index in [0.717, 1.165) is 22.0 Å². The number of benzene rings is 1. The quantitative estimate of drug-likeness (QED) is 0.374. The van der Waals surface area contributed by atoms with Gasteiger partial charge in [-0.1, -0.05) is 62.5 Å². The molecule has 0 bridgehead atoms. The van der Waals surface area contributed by atoms with Crippen molar-refractivity contribution in [3.05, 3.63) is 101 Å². The van der Waals surface area contributed by atoms with Crippen LogP contribution in [-0.4, -0.2) is 33.5 Å². The summed E-state index contributed by atoms with van der Waals surface area (Å²) in [7, 11) is 0. The summed E-state index contributed by atoms with van der Waals surface area (Å²) >= 11 is 1.46. The monoisotopic (exact) mass is 502 g/mol. The molecule has 0 saturated carbocycles. The van der Waals surface area contributed by atoms with Crippen LogP contribution in [0.25, 0.3) is 0 Å². The van der Waals surface area contributed by atoms with Crippen molar-refractivity contribution in [1.29, 1.82) is 0 Å². The molecule has 2 aliphatic rings. The predicted octanol–water partition coefficient (Wildman–Crippen LogP) is 5.22. The van der Waals surface area contributed by atoms with Crippen molar-refractivity contribution in [3.63, 3.8) is 0 Å². The molecule has 0 radical (unpaired) electrons. The molecule has 2 aromatic rings. The summed E-state index contributed by atoms with van der Waals surface area (Å²) in [5.74, 6) is -0.166. The van der Waals surface area contributed by atoms with E-state index in [4.69, 9.17) is 9.73 Å². The molecule has 0 fully saturated rings. The lowest BCUT2D eigenvalue weighted by atomic mass is 9.92. The Balaban J connectivity index is 1.62. The normalized spacial score (nSPS) is 16.9. The van der Waals surface area contributed by atoms with Gasteiger partial charge in [0.05, 0.1) is 23.7 Å². The van der Waals surface area contributed by atoms with Gasteiger partial charge < -0.3 is 15.0 Å². The van der Waals surface area contributed by atoms with E-state index in [1.54, 1.807) is 18.5 Å². The average Bonchev–Trinajstić information content (AvgIpc) is 3.27. The van der Waals surface area contributed by atoms with Gasteiger partial charge in [0.1, 0.15) is 6.61 Å². The molecule has 186 valence electrons. The van der Waals surface area contributed by atoms with Crippen LogP contribution >= 0.6 is 11.8 Å². The summed E-state index contributed by atoms with van der Waals surface area (Å²) in [4.78, 5) is 36.7. The summed E-state index contributed by atoms with van der Waals surface area (Å²) in [5, 5.41) is 5.64. The minimum Gasteiger partial charge on any atom is -0.458 e. The van der Waals surface area contributed by atoms with Crippen LogP contribution in [-0.2, 0) is 20.9 Å². The molecule has 7 nitrogen and oxygen atoms in total. The zero-order valence-corrected chi connectivity index (χ0v) is 21.5. The number of esters is 1. The minimum atomic E-state index is -0.453. The van der Waals surface area contributed by atoms with Gasteiger partial charge in [-0.3, -0.25) is 9.78 Å². The van der Waals surface area contributed by atoms with Crippen LogP contribution in [0.1, 0.15) is 55.8 Å². The van der Waals surface area contributed by atoms with Crippen molar-refractivity contribution >= 4 is 28.8 Å². The van der Waals surface area contributed by atoms with E-state index in [-0.39, 0.29) is 18.9 Å². The molecule has 0 saturated heterocycles. The number of allylic oxidation sites excluding steroid dienone is 1. The number of nitrogens with zero attached hydrogens (tertiary/aromatic N) is 3. The summed E-state index contributed by atoms with van der Waals surface area (Å²) in [6, 6.07) is 11.5. The Labute approximate surface area is 216 Å². The van der Waals surface area contributed by atoms with Crippen LogP contribution < -0.4 is 5.32 Å². The van der Waals surface area contributed by atoms with Gasteiger partial charge in [0.2, 0.25) is 5.91 Å². The molecule has 0 spiro atoms. The Bertz CT molecular complexity index is 1230. The maximum Gasteiger partial charge on any atom is 0.338 e. The fraction of sp³-hybridized carbons (Fsp3) is 0.286. The smallest absolute Gasteiger partial charge is 0.338 e. The number of fused-ring (bicyclic) bond motifs is 1. The Morgan fingerprint density at radius 3 is 2.58 bits per heavy atom. The number of aromatic nitrogens is 1. The van der Waals surface area contributed by atoms with E-state index in [1.165, 1.54) is 17.3 Å². The molecule has 1 atom stereocenters. The number of aliphatic imine (C=N–C) groups is 1. The van der Waals surface area contributed by atoms with Crippen LogP contribution in [0.4, 0.5) is 0 Å². The first kappa shape index (κ1) is 25.4. The second-order valence-corrected chi connectivity index (χ2v) is 9.75. The van der Waals surface area contributed by atoms with Gasteiger partial charge >= 0.3 is 5.97 Å². The lowest BCUT2D eigenvalue weighted by Gasteiger charge is -2.36. The van der Waals surface area contributed by atoms with Crippen LogP contribution in [0, 0.1) is 0 Å². The van der Waals surface area contributed by atoms with E-state index in [0.29, 0.717) is 23.7 Å². The number of hydrogen-bond donors (Lipinski definition) is 1. The molecule has 8 heteroatoms. The topological polar surface area (TPSA) is 83.9 Å². The predicted molar refractivity (Wildman–Crippen MR) is 143 cm³/mol. The van der Waals surface area contributed by atoms with E-state index in [1.807, 2.05) is 41.5 Å². The Kier molecular flexibility index (Phi) is 8.05. The first-order valence-corrected chi connectivity index (χ1v) is 12.7. The number of amides is 1. The van der Waals surface area contributed by atoms with Crippen molar-refractivity contribution in [2.75, 3.05) is 6.61 Å². The number of carbonyl (C=O) groups is 2. The van der Waals surface area contributed by atoms with Gasteiger partial charge in [-0.05, 0) is 47.1 Å². The third kappa shape index (κ3) is 5.60. The SMILES string of the molecule is C=CCOC(=O)C1=C(C)N=C2SC=C(CC(=O)NCc3ccncc3)N2[C@H]1c1ccc(C(C)C)cc1. The molecular weight excluding hydrogens is 472 g/mol. The van der Waals surface area contributed by atoms with Crippen molar-refractivity contribution in [3.8, 4) is 0 Å². The summed E-state index contributed by atoms with van der Waals surface area (Å²) in [6.07, 6.45) is 5.10. The molecule has 1 N–H and O–H groups in total. The van der Waals surface area contributed by atoms with Gasteiger partial charge in [0.25, 0.3) is 0 Å². The molecule has 1 amide bonds. The number of carbonyl (C=O) groups excluding carboxylic acids is 2. The lowest BCUT2D eigenvalue weighted by molar-refractivity contribution is -0.138. The number of hydrogen-bond acceptors (Lipinski definition) is 7. The Morgan fingerprint density at radius 2 is 1.92 bits per heavy atom. The van der Waals surface area contributed by atoms with Crippen molar-refractivity contribution in [1.82, 2.24) is 15.2 Å². The minimum absolute atomic E-state index is 0.111. The average molecular weight is 503 g/mol. The summed E-state index contributed by atoms with van der Waals surface area (Å²) in [5.41, 5.74) is 4.97. The number of nitrogens with one attached hydrogen (secondary N) is 1. The van der Waals surface area contributed by atoms with E-state index >= 15 is 0 Å². The van der Waals surface area contributed by atoms with Gasteiger partial charge in [-0.25, -0.2) is 9.79 Å². The van der Waals surface area contributed by atoms with E-state index < -0.39 is 12.0 Å². The first-order chi connectivity index (χ1) is 17.4. The van der Waals surface area contributed by atoms with Crippen LogP contribution in [0.3, 0.4) is 0 Å². The highest BCUT2D eigenvalue weighted by molar-refractivity contribution is 8.16. The van der Waals surface area contributed by atoms with Gasteiger partial charge in [0, 0.05) is 24.6 Å². The third-order valence-electron chi connectivity index (χ3n) is 6.05. The van der Waals surface area contributed by atoms with E-state index in [9.17, 15) is 9.59 Å². The first-order valence-electron chi connectivity index (χ1n) is 11.9. The zero-order chi connectivity index (χ0) is 25.7. The summed E-state index contributed by atoms with van der Waals surface area (Å²) < 4.78 is 5.45. The fourth-order valence-corrected chi connectivity index (χ4v) is 5.11. The maximum atomic E-state index is 13.2. The Hall–Kier alpha value is -3.65. The second kappa shape index (κ2) is 11.4. The lowest BCUT2D eigenvalue weighted by Crippen LogP contribution is -2.38. The van der Waals surface area contributed by atoms with Crippen molar-refractivity contribution < 1.29 is 14.3 Å². The van der Waals surface area contributed by atoms with Crippen LogP contribution in [0.2, 0.25) is 0 Å². The zero-order valence-electron chi connectivity index (χ0n) is 20.7. The molecule has 1 aromatic carbocycles. The number of rotatable bonds is 9. The number of thioether (sulfide) groups is 1. The number of amidine groups is 1. The standard InChI is InChI=1S/C28H30N4O3S/c1-5-14-35-27(34)25-19(4)31-28-32(26(25)22-8-6-21(7-9-22)18(2)3)23(17-36-28)15-24(33)30-16-20-10-12-29-13-11-20/h5-13,17-18,26H,1,14-16H2,2-4H3,(H,30,33)/t26-/m0/s1. The van der Waals surface area contributed by atoms with E-state index in [2.05, 4.69) is 42.9 Å². The number of ether oxygens (including phenoxy) is 1. The molecule has 36 heavy (non-hydrogen) atoms. The molecule has 3 heterocycles. The van der Waals surface area contributed by atoms with Gasteiger partial charge in [0.15, 0.2) is 5.17 Å². The fourth-order valence-electron chi connectivity index (χ4n) is 4.15. The second-order valence-electron chi connectivity index (χ2n) is 8.91. The molecule has 2 aliphatic heterocycles. The maximum absolute atomic E-state index is 13.2. The van der Waals surface area contributed by atoms with Crippen molar-refractivity contribution in [2.24, 2.45) is 4.99 Å². The van der Waals surface area contributed by atoms with Crippen LogP contribution in [0.5, 0.6) is 0 Å². The molecule has 0 unspecified atom stereocenters. The van der Waals surface area contributed by atoms with Crippen LogP contribution in [0.15, 0.2) is 88.8 Å². The molecule has 0 aliphatic carbocycles. The highest BCUT2D eigenvalue weighted by Crippen LogP contribution is 2.45. The highest BCUT2D eigenvalue weighted by Gasteiger charge is 2.41. The molecule has 1 aromatic heterocycles. The number of pyridine rings is 1. The molecular formula is C28H30N4O3S. The van der Waals surface area contributed by atoms with Gasteiger partial charge in [-0.15, -0.1) is 0 Å². The Morgan fingerprint density at radius 1 is 1.19 bits per heavy atom. The van der Waals surface area contributed by atoms with Crippen molar-refractivity contribution in [2.45, 2.75) is 45.7 Å². The largest absolute Gasteiger partial charge is 0.458 e. The highest BCUT2D eigenvalue weighted by atomic mass is 32.2. The summed E-state index contributed by atoms with van der Waals surface area (Å²) in [6.45, 7) is 10.3. The molecule has 4 rings (SSSR count).